The van der Waals surface area contributed by atoms with Crippen LogP contribution in [0.4, 0.5) is 0 Å². The predicted octanol–water partition coefficient (Wildman–Crippen LogP) is 10.2. The maximum atomic E-state index is 6.87. The normalized spacial score (nSPS) is 11.5. The summed E-state index contributed by atoms with van der Waals surface area (Å²) in [5.41, 5.74) is 6.35. The molecule has 0 fully saturated rings. The van der Waals surface area contributed by atoms with Crippen LogP contribution in [0.3, 0.4) is 0 Å². The van der Waals surface area contributed by atoms with Gasteiger partial charge in [-0.15, -0.1) is 0 Å². The van der Waals surface area contributed by atoms with Crippen LogP contribution in [0.25, 0.3) is 78.0 Å². The van der Waals surface area contributed by atoms with Crippen molar-refractivity contribution in [3.8, 4) is 45.3 Å². The molecular weight excluding hydrogens is 538 g/mol. The van der Waals surface area contributed by atoms with E-state index in [0.29, 0.717) is 22.5 Å². The largest absolute Gasteiger partial charge is 0.456 e. The standard InChI is InChI=1S/C37H22ClN3O/c38-32-22-34-30(29-12-6-7-13-33(29)42-34)21-31(32)37-40-35(26-17-14-25(15-18-26)23-8-2-1-3-9-23)39-36(41-37)28-19-16-24-10-4-5-11-27(24)20-28/h1-22H. The van der Waals surface area contributed by atoms with Crippen molar-refractivity contribution in [3.63, 3.8) is 0 Å². The van der Waals surface area contributed by atoms with Crippen LogP contribution in [0.15, 0.2) is 138 Å². The van der Waals surface area contributed by atoms with E-state index in [4.69, 9.17) is 31.0 Å². The summed E-state index contributed by atoms with van der Waals surface area (Å²) in [6, 6.07) is 45.0. The quantitative estimate of drug-likeness (QED) is 0.215. The molecule has 8 rings (SSSR count). The van der Waals surface area contributed by atoms with Crippen molar-refractivity contribution in [2.75, 3.05) is 0 Å². The summed E-state index contributed by atoms with van der Waals surface area (Å²) in [5, 5.41) is 4.78. The van der Waals surface area contributed by atoms with Crippen LogP contribution >= 0.6 is 11.6 Å². The summed E-state index contributed by atoms with van der Waals surface area (Å²) in [5.74, 6) is 1.67. The maximum absolute atomic E-state index is 6.87. The van der Waals surface area contributed by atoms with Crippen LogP contribution < -0.4 is 0 Å². The molecule has 2 aromatic heterocycles. The summed E-state index contributed by atoms with van der Waals surface area (Å²) in [6.45, 7) is 0. The molecule has 0 aliphatic rings. The van der Waals surface area contributed by atoms with Gasteiger partial charge in [0.05, 0.1) is 5.02 Å². The molecule has 0 N–H and O–H groups in total. The van der Waals surface area contributed by atoms with Crippen LogP contribution in [0.5, 0.6) is 0 Å². The van der Waals surface area contributed by atoms with E-state index < -0.39 is 0 Å². The average Bonchev–Trinajstić information content (AvgIpc) is 3.41. The smallest absolute Gasteiger partial charge is 0.165 e. The fourth-order valence-corrected chi connectivity index (χ4v) is 5.68. The van der Waals surface area contributed by atoms with Gasteiger partial charge in [0.15, 0.2) is 17.5 Å². The summed E-state index contributed by atoms with van der Waals surface area (Å²) >= 11 is 6.87. The first kappa shape index (κ1) is 24.5. The van der Waals surface area contributed by atoms with Gasteiger partial charge in [0.25, 0.3) is 0 Å². The minimum absolute atomic E-state index is 0.507. The van der Waals surface area contributed by atoms with Crippen molar-refractivity contribution in [1.29, 1.82) is 0 Å². The molecule has 0 spiro atoms. The van der Waals surface area contributed by atoms with E-state index in [1.165, 1.54) is 0 Å². The molecule has 42 heavy (non-hydrogen) atoms. The zero-order valence-electron chi connectivity index (χ0n) is 22.3. The van der Waals surface area contributed by atoms with Gasteiger partial charge < -0.3 is 4.42 Å². The number of fused-ring (bicyclic) bond motifs is 4. The number of benzene rings is 6. The van der Waals surface area contributed by atoms with Crippen LogP contribution in [-0.4, -0.2) is 15.0 Å². The van der Waals surface area contributed by atoms with E-state index in [2.05, 4.69) is 66.7 Å². The Bertz CT molecular complexity index is 2260. The minimum Gasteiger partial charge on any atom is -0.456 e. The van der Waals surface area contributed by atoms with Crippen molar-refractivity contribution < 1.29 is 4.42 Å². The first-order valence-electron chi connectivity index (χ1n) is 13.7. The van der Waals surface area contributed by atoms with Gasteiger partial charge in [0, 0.05) is 33.5 Å². The van der Waals surface area contributed by atoms with Crippen molar-refractivity contribution in [3.05, 3.63) is 138 Å². The molecule has 8 aromatic rings. The van der Waals surface area contributed by atoms with E-state index in [1.54, 1.807) is 0 Å². The van der Waals surface area contributed by atoms with E-state index in [1.807, 2.05) is 66.7 Å². The van der Waals surface area contributed by atoms with E-state index in [9.17, 15) is 0 Å². The SMILES string of the molecule is Clc1cc2oc3ccccc3c2cc1-c1nc(-c2ccc(-c3ccccc3)cc2)nc(-c2ccc3ccccc3c2)n1. The van der Waals surface area contributed by atoms with E-state index in [-0.39, 0.29) is 0 Å². The highest BCUT2D eigenvalue weighted by Crippen LogP contribution is 2.37. The molecule has 0 aliphatic heterocycles. The number of hydrogen-bond donors (Lipinski definition) is 0. The second-order valence-electron chi connectivity index (χ2n) is 10.2. The molecule has 0 atom stereocenters. The highest BCUT2D eigenvalue weighted by molar-refractivity contribution is 6.34. The molecule has 6 aromatic carbocycles. The lowest BCUT2D eigenvalue weighted by Gasteiger charge is -2.11. The Hall–Kier alpha value is -5.32. The van der Waals surface area contributed by atoms with Crippen LogP contribution in [0, 0.1) is 0 Å². The second-order valence-corrected chi connectivity index (χ2v) is 10.6. The fraction of sp³-hybridized carbons (Fsp3) is 0. The highest BCUT2D eigenvalue weighted by atomic mass is 35.5. The number of nitrogens with zero attached hydrogens (tertiary/aromatic N) is 3. The van der Waals surface area contributed by atoms with Gasteiger partial charge in [-0.25, -0.2) is 15.0 Å². The topological polar surface area (TPSA) is 51.8 Å². The minimum atomic E-state index is 0.507. The lowest BCUT2D eigenvalue weighted by Crippen LogP contribution is -2.00. The second kappa shape index (κ2) is 9.95. The molecule has 198 valence electrons. The van der Waals surface area contributed by atoms with Crippen molar-refractivity contribution in [1.82, 2.24) is 15.0 Å². The zero-order valence-corrected chi connectivity index (χ0v) is 23.1. The number of para-hydroxylation sites is 1. The Kier molecular flexibility index (Phi) is 5.80. The van der Waals surface area contributed by atoms with Gasteiger partial charge in [-0.3, -0.25) is 0 Å². The van der Waals surface area contributed by atoms with Gasteiger partial charge in [-0.05, 0) is 40.1 Å². The molecule has 0 amide bonds. The molecule has 0 saturated heterocycles. The van der Waals surface area contributed by atoms with Gasteiger partial charge in [-0.1, -0.05) is 121 Å². The third-order valence-corrected chi connectivity index (χ3v) is 7.91. The fourth-order valence-electron chi connectivity index (χ4n) is 5.44. The number of hydrogen-bond acceptors (Lipinski definition) is 4. The Morgan fingerprint density at radius 1 is 0.429 bits per heavy atom. The van der Waals surface area contributed by atoms with Crippen molar-refractivity contribution in [2.45, 2.75) is 0 Å². The number of furan rings is 1. The lowest BCUT2D eigenvalue weighted by atomic mass is 10.0. The van der Waals surface area contributed by atoms with Crippen LogP contribution in [0.2, 0.25) is 5.02 Å². The van der Waals surface area contributed by atoms with E-state index in [0.717, 1.165) is 60.5 Å². The molecule has 0 saturated carbocycles. The van der Waals surface area contributed by atoms with E-state index >= 15 is 0 Å². The average molecular weight is 560 g/mol. The first-order chi connectivity index (χ1) is 20.7. The summed E-state index contributed by atoms with van der Waals surface area (Å²) in [4.78, 5) is 14.9. The summed E-state index contributed by atoms with van der Waals surface area (Å²) in [7, 11) is 0. The molecule has 5 heteroatoms. The van der Waals surface area contributed by atoms with Crippen molar-refractivity contribution in [2.24, 2.45) is 0 Å². The Labute approximate surface area is 246 Å². The lowest BCUT2D eigenvalue weighted by molar-refractivity contribution is 0.669. The Balaban J connectivity index is 1.32. The monoisotopic (exact) mass is 559 g/mol. The number of rotatable bonds is 4. The number of halogens is 1. The predicted molar refractivity (Wildman–Crippen MR) is 171 cm³/mol. The van der Waals surface area contributed by atoms with Gasteiger partial charge in [-0.2, -0.15) is 0 Å². The number of aromatic nitrogens is 3. The molecule has 0 unspecified atom stereocenters. The Morgan fingerprint density at radius 3 is 1.88 bits per heavy atom. The Morgan fingerprint density at radius 2 is 1.05 bits per heavy atom. The maximum Gasteiger partial charge on any atom is 0.165 e. The molecule has 0 aliphatic carbocycles. The van der Waals surface area contributed by atoms with Gasteiger partial charge in [0.1, 0.15) is 11.2 Å². The van der Waals surface area contributed by atoms with Gasteiger partial charge in [0.2, 0.25) is 0 Å². The summed E-state index contributed by atoms with van der Waals surface area (Å²) < 4.78 is 6.06. The molecule has 2 heterocycles. The third kappa shape index (κ3) is 4.30. The molecule has 4 nitrogen and oxygen atoms in total. The molecular formula is C37H22ClN3O. The highest BCUT2D eigenvalue weighted by Gasteiger charge is 2.18. The van der Waals surface area contributed by atoms with Crippen LogP contribution in [-0.2, 0) is 0 Å². The first-order valence-corrected chi connectivity index (χ1v) is 14.1. The third-order valence-electron chi connectivity index (χ3n) is 7.60. The van der Waals surface area contributed by atoms with Crippen molar-refractivity contribution >= 4 is 44.3 Å². The summed E-state index contributed by atoms with van der Waals surface area (Å²) in [6.07, 6.45) is 0. The molecule has 0 radical (unpaired) electrons. The molecule has 0 bridgehead atoms. The van der Waals surface area contributed by atoms with Gasteiger partial charge >= 0.3 is 0 Å². The van der Waals surface area contributed by atoms with Crippen LogP contribution in [0.1, 0.15) is 0 Å². The zero-order chi connectivity index (χ0) is 28.0.